The molecule has 0 aliphatic rings. The Labute approximate surface area is 113 Å². The van der Waals surface area contributed by atoms with E-state index in [0.717, 1.165) is 0 Å². The van der Waals surface area contributed by atoms with Crippen molar-refractivity contribution in [2.24, 2.45) is 5.92 Å². The first kappa shape index (κ1) is 15.2. The molecule has 0 saturated carbocycles. The first-order valence-electron chi connectivity index (χ1n) is 6.25. The SMILES string of the molecule is CC(C)COCCOC(=O)NC(=N)c1ccccc1. The molecule has 1 rings (SSSR count). The maximum absolute atomic E-state index is 11.4. The molecule has 19 heavy (non-hydrogen) atoms. The molecule has 0 aliphatic carbocycles. The van der Waals surface area contributed by atoms with Crippen LogP contribution in [0.15, 0.2) is 30.3 Å². The van der Waals surface area contributed by atoms with Gasteiger partial charge < -0.3 is 9.47 Å². The molecule has 5 nitrogen and oxygen atoms in total. The third kappa shape index (κ3) is 6.57. The Kier molecular flexibility index (Phi) is 6.60. The van der Waals surface area contributed by atoms with Crippen LogP contribution in [0.2, 0.25) is 0 Å². The van der Waals surface area contributed by atoms with E-state index in [1.165, 1.54) is 0 Å². The number of carbonyl (C=O) groups excluding carboxylic acids is 1. The zero-order valence-electron chi connectivity index (χ0n) is 11.3. The molecular formula is C14H20N2O3. The summed E-state index contributed by atoms with van der Waals surface area (Å²) < 4.78 is 10.2. The molecule has 0 radical (unpaired) electrons. The monoisotopic (exact) mass is 264 g/mol. The van der Waals surface area contributed by atoms with Gasteiger partial charge in [0, 0.05) is 12.2 Å². The van der Waals surface area contributed by atoms with Gasteiger partial charge in [-0.3, -0.25) is 10.7 Å². The lowest BCUT2D eigenvalue weighted by molar-refractivity contribution is 0.0621. The summed E-state index contributed by atoms with van der Waals surface area (Å²) in [4.78, 5) is 11.4. The van der Waals surface area contributed by atoms with Gasteiger partial charge in [0.1, 0.15) is 12.4 Å². The predicted molar refractivity (Wildman–Crippen MR) is 73.4 cm³/mol. The molecule has 104 valence electrons. The van der Waals surface area contributed by atoms with Gasteiger partial charge in [0.05, 0.1) is 6.61 Å². The number of hydrogen-bond acceptors (Lipinski definition) is 4. The van der Waals surface area contributed by atoms with E-state index in [-0.39, 0.29) is 12.4 Å². The van der Waals surface area contributed by atoms with E-state index in [1.54, 1.807) is 24.3 Å². The van der Waals surface area contributed by atoms with Gasteiger partial charge in [-0.1, -0.05) is 44.2 Å². The Bertz CT molecular complexity index is 404. The minimum absolute atomic E-state index is 0.0219. The van der Waals surface area contributed by atoms with Crippen LogP contribution in [0, 0.1) is 11.3 Å². The number of nitrogens with one attached hydrogen (secondary N) is 2. The van der Waals surface area contributed by atoms with Crippen molar-refractivity contribution in [3.63, 3.8) is 0 Å². The smallest absolute Gasteiger partial charge is 0.412 e. The molecule has 1 amide bonds. The number of hydrogen-bond donors (Lipinski definition) is 2. The maximum Gasteiger partial charge on any atom is 0.412 e. The predicted octanol–water partition coefficient (Wildman–Crippen LogP) is 2.41. The van der Waals surface area contributed by atoms with E-state index in [4.69, 9.17) is 14.9 Å². The fourth-order valence-corrected chi connectivity index (χ4v) is 1.33. The highest BCUT2D eigenvalue weighted by Crippen LogP contribution is 1.98. The quantitative estimate of drug-likeness (QED) is 0.471. The van der Waals surface area contributed by atoms with Gasteiger partial charge in [0.15, 0.2) is 0 Å². The van der Waals surface area contributed by atoms with Gasteiger partial charge in [0.2, 0.25) is 0 Å². The number of alkyl carbamates (subject to hydrolysis) is 1. The molecule has 0 aromatic heterocycles. The fourth-order valence-electron chi connectivity index (χ4n) is 1.33. The normalized spacial score (nSPS) is 10.3. The Hall–Kier alpha value is -1.88. The number of benzene rings is 1. The minimum atomic E-state index is -0.637. The molecule has 0 saturated heterocycles. The van der Waals surface area contributed by atoms with Crippen LogP contribution in [0.1, 0.15) is 19.4 Å². The van der Waals surface area contributed by atoms with Crippen LogP contribution in [-0.4, -0.2) is 31.7 Å². The van der Waals surface area contributed by atoms with Gasteiger partial charge in [-0.2, -0.15) is 0 Å². The van der Waals surface area contributed by atoms with Crippen molar-refractivity contribution in [2.75, 3.05) is 19.8 Å². The molecule has 5 heteroatoms. The summed E-state index contributed by atoms with van der Waals surface area (Å²) in [6.07, 6.45) is -0.637. The Morgan fingerprint density at radius 2 is 1.95 bits per heavy atom. The molecule has 2 N–H and O–H groups in total. The summed E-state index contributed by atoms with van der Waals surface area (Å²) >= 11 is 0. The zero-order chi connectivity index (χ0) is 14.1. The summed E-state index contributed by atoms with van der Waals surface area (Å²) in [6.45, 7) is 5.29. The van der Waals surface area contributed by atoms with Crippen LogP contribution in [0.4, 0.5) is 4.79 Å². The van der Waals surface area contributed by atoms with Crippen molar-refractivity contribution in [1.29, 1.82) is 5.41 Å². The van der Waals surface area contributed by atoms with Crippen LogP contribution >= 0.6 is 0 Å². The Morgan fingerprint density at radius 3 is 2.58 bits per heavy atom. The molecule has 0 heterocycles. The minimum Gasteiger partial charge on any atom is -0.447 e. The van der Waals surface area contributed by atoms with E-state index in [2.05, 4.69) is 19.2 Å². The van der Waals surface area contributed by atoms with Crippen LogP contribution in [0.3, 0.4) is 0 Å². The molecule has 0 bridgehead atoms. The highest BCUT2D eigenvalue weighted by Gasteiger charge is 2.07. The highest BCUT2D eigenvalue weighted by molar-refractivity contribution is 6.04. The van der Waals surface area contributed by atoms with E-state index >= 15 is 0 Å². The third-order valence-electron chi connectivity index (χ3n) is 2.20. The van der Waals surface area contributed by atoms with Crippen LogP contribution < -0.4 is 5.32 Å². The number of amidine groups is 1. The number of carbonyl (C=O) groups is 1. The lowest BCUT2D eigenvalue weighted by Gasteiger charge is -2.09. The average Bonchev–Trinajstić information content (AvgIpc) is 2.39. The first-order chi connectivity index (χ1) is 9.09. The lowest BCUT2D eigenvalue weighted by atomic mass is 10.2. The molecule has 0 fully saturated rings. The summed E-state index contributed by atoms with van der Waals surface area (Å²) in [6, 6.07) is 8.94. The molecule has 1 aromatic rings. The Balaban J connectivity index is 2.19. The summed E-state index contributed by atoms with van der Waals surface area (Å²) in [5.41, 5.74) is 0.635. The molecule has 0 spiro atoms. The van der Waals surface area contributed by atoms with Crippen molar-refractivity contribution < 1.29 is 14.3 Å². The van der Waals surface area contributed by atoms with Crippen LogP contribution in [0.5, 0.6) is 0 Å². The van der Waals surface area contributed by atoms with E-state index in [1.807, 2.05) is 6.07 Å². The standard InChI is InChI=1S/C14H20N2O3/c1-11(2)10-18-8-9-19-14(17)16-13(15)12-6-4-3-5-7-12/h3-7,11H,8-10H2,1-2H3,(H2,15,16,17). The zero-order valence-corrected chi connectivity index (χ0v) is 11.3. The van der Waals surface area contributed by atoms with Gasteiger partial charge in [-0.05, 0) is 5.92 Å². The second kappa shape index (κ2) is 8.26. The largest absolute Gasteiger partial charge is 0.447 e. The number of amides is 1. The first-order valence-corrected chi connectivity index (χ1v) is 6.25. The second-order valence-corrected chi connectivity index (χ2v) is 4.47. The van der Waals surface area contributed by atoms with Crippen LogP contribution in [-0.2, 0) is 9.47 Å². The van der Waals surface area contributed by atoms with Crippen LogP contribution in [0.25, 0.3) is 0 Å². The summed E-state index contributed by atoms with van der Waals surface area (Å²) in [5.74, 6) is 0.480. The van der Waals surface area contributed by atoms with Gasteiger partial charge in [0.25, 0.3) is 0 Å². The summed E-state index contributed by atoms with van der Waals surface area (Å²) in [7, 11) is 0. The van der Waals surface area contributed by atoms with Crippen molar-refractivity contribution in [2.45, 2.75) is 13.8 Å². The van der Waals surface area contributed by atoms with Gasteiger partial charge in [-0.15, -0.1) is 0 Å². The topological polar surface area (TPSA) is 71.4 Å². The van der Waals surface area contributed by atoms with Crippen molar-refractivity contribution >= 4 is 11.9 Å². The van der Waals surface area contributed by atoms with Gasteiger partial charge in [-0.25, -0.2) is 4.79 Å². The molecular weight excluding hydrogens is 244 g/mol. The average molecular weight is 264 g/mol. The number of ether oxygens (including phenoxy) is 2. The second-order valence-electron chi connectivity index (χ2n) is 4.47. The van der Waals surface area contributed by atoms with Gasteiger partial charge >= 0.3 is 6.09 Å². The molecule has 1 aromatic carbocycles. The van der Waals surface area contributed by atoms with Crippen molar-refractivity contribution in [1.82, 2.24) is 5.32 Å². The maximum atomic E-state index is 11.4. The lowest BCUT2D eigenvalue weighted by Crippen LogP contribution is -2.31. The summed E-state index contributed by atoms with van der Waals surface area (Å²) in [5, 5.41) is 10.1. The molecule has 0 unspecified atom stereocenters. The van der Waals surface area contributed by atoms with E-state index < -0.39 is 6.09 Å². The molecule has 0 atom stereocenters. The number of rotatable bonds is 6. The van der Waals surface area contributed by atoms with Crippen molar-refractivity contribution in [3.05, 3.63) is 35.9 Å². The fraction of sp³-hybridized carbons (Fsp3) is 0.429. The highest BCUT2D eigenvalue weighted by atomic mass is 16.6. The Morgan fingerprint density at radius 1 is 1.26 bits per heavy atom. The van der Waals surface area contributed by atoms with E-state index in [0.29, 0.717) is 24.7 Å². The van der Waals surface area contributed by atoms with Crippen molar-refractivity contribution in [3.8, 4) is 0 Å². The third-order valence-corrected chi connectivity index (χ3v) is 2.20. The molecule has 0 aliphatic heterocycles. The van der Waals surface area contributed by atoms with E-state index in [9.17, 15) is 4.79 Å².